The van der Waals surface area contributed by atoms with Gasteiger partial charge in [-0.05, 0) is 72.9 Å². The molecule has 1 aliphatic carbocycles. The molecule has 1 saturated heterocycles. The molecular weight excluding hydrogens is 595 g/mol. The Balaban J connectivity index is 1.18. The third-order valence-electron chi connectivity index (χ3n) is 9.78. The summed E-state index contributed by atoms with van der Waals surface area (Å²) in [5, 5.41) is 6.02. The van der Waals surface area contributed by atoms with Crippen LogP contribution in [0.15, 0.2) is 72.8 Å². The first-order valence-electron chi connectivity index (χ1n) is 16.9. The number of Topliss-reactive ketones (excluding diaryl/α,β-unsaturated/α-hetero) is 1. The minimum absolute atomic E-state index is 0.0214. The predicted molar refractivity (Wildman–Crippen MR) is 179 cm³/mol. The van der Waals surface area contributed by atoms with Crippen molar-refractivity contribution < 1.29 is 23.6 Å². The number of hydrogen-bond donors (Lipinski definition) is 2. The lowest BCUT2D eigenvalue weighted by atomic mass is 9.92. The smallest absolute Gasteiger partial charge is 0.246 e. The van der Waals surface area contributed by atoms with Crippen LogP contribution in [0.1, 0.15) is 71.1 Å². The summed E-state index contributed by atoms with van der Waals surface area (Å²) in [5.74, 6) is -1.13. The van der Waals surface area contributed by atoms with Crippen LogP contribution < -0.4 is 10.6 Å². The summed E-state index contributed by atoms with van der Waals surface area (Å²) in [4.78, 5) is 58.0. The molecule has 2 heterocycles. The summed E-state index contributed by atoms with van der Waals surface area (Å²) in [6.45, 7) is 2.00. The molecule has 0 unspecified atom stereocenters. The molecule has 1 fully saturated rings. The molecule has 8 nitrogen and oxygen atoms in total. The predicted octanol–water partition coefficient (Wildman–Crippen LogP) is 5.04. The van der Waals surface area contributed by atoms with Gasteiger partial charge in [0.1, 0.15) is 18.3 Å². The van der Waals surface area contributed by atoms with E-state index in [0.717, 1.165) is 30.4 Å². The highest BCUT2D eigenvalue weighted by atomic mass is 19.1. The topological polar surface area (TPSA) is 98.8 Å². The van der Waals surface area contributed by atoms with Crippen molar-refractivity contribution in [1.82, 2.24) is 15.1 Å². The zero-order chi connectivity index (χ0) is 32.8. The van der Waals surface area contributed by atoms with E-state index in [2.05, 4.69) is 21.6 Å². The van der Waals surface area contributed by atoms with Gasteiger partial charge in [-0.25, -0.2) is 4.39 Å². The number of fused-ring (bicyclic) bond motifs is 2. The molecular formula is C38H43FN4O4. The van der Waals surface area contributed by atoms with Crippen molar-refractivity contribution in [2.45, 2.75) is 82.6 Å². The first-order chi connectivity index (χ1) is 22.8. The number of halogens is 1. The molecule has 2 N–H and O–H groups in total. The van der Waals surface area contributed by atoms with Gasteiger partial charge < -0.3 is 20.4 Å². The summed E-state index contributed by atoms with van der Waals surface area (Å²) < 4.78 is 13.8. The Morgan fingerprint density at radius 2 is 1.55 bits per heavy atom. The molecule has 2 atom stereocenters. The number of likely N-dealkylation sites (tertiary alicyclic amines) is 1. The number of alkyl halides is 1. The van der Waals surface area contributed by atoms with Crippen molar-refractivity contribution in [3.8, 4) is 0 Å². The number of nitrogens with zero attached hydrogens (tertiary/aromatic N) is 2. The fourth-order valence-corrected chi connectivity index (χ4v) is 7.00. The Hall–Kier alpha value is -4.37. The van der Waals surface area contributed by atoms with Crippen molar-refractivity contribution in [2.75, 3.05) is 25.0 Å². The summed E-state index contributed by atoms with van der Waals surface area (Å²) in [6, 6.07) is 20.9. The van der Waals surface area contributed by atoms with E-state index in [4.69, 9.17) is 0 Å². The number of carbonyl (C=O) groups is 4. The highest BCUT2D eigenvalue weighted by Gasteiger charge is 2.36. The summed E-state index contributed by atoms with van der Waals surface area (Å²) in [6.07, 6.45) is 3.92. The van der Waals surface area contributed by atoms with Crippen LogP contribution in [0.25, 0.3) is 0 Å². The van der Waals surface area contributed by atoms with Crippen molar-refractivity contribution in [3.63, 3.8) is 0 Å². The second-order valence-corrected chi connectivity index (χ2v) is 13.0. The maximum atomic E-state index is 14.1. The molecule has 0 spiro atoms. The van der Waals surface area contributed by atoms with Crippen molar-refractivity contribution in [1.29, 1.82) is 0 Å². The monoisotopic (exact) mass is 638 g/mol. The summed E-state index contributed by atoms with van der Waals surface area (Å²) in [7, 11) is 0. The number of aryl methyl sites for hydroxylation is 2. The van der Waals surface area contributed by atoms with Crippen LogP contribution in [0.2, 0.25) is 0 Å². The van der Waals surface area contributed by atoms with E-state index >= 15 is 0 Å². The van der Waals surface area contributed by atoms with Gasteiger partial charge in [0, 0.05) is 56.7 Å². The Morgan fingerprint density at radius 1 is 0.830 bits per heavy atom. The van der Waals surface area contributed by atoms with E-state index in [-0.39, 0.29) is 37.0 Å². The zero-order valence-corrected chi connectivity index (χ0v) is 26.8. The van der Waals surface area contributed by atoms with Gasteiger partial charge in [-0.3, -0.25) is 19.2 Å². The van der Waals surface area contributed by atoms with E-state index in [9.17, 15) is 23.6 Å². The van der Waals surface area contributed by atoms with Crippen molar-refractivity contribution in [2.24, 2.45) is 0 Å². The van der Waals surface area contributed by atoms with E-state index < -0.39 is 24.2 Å². The molecule has 0 radical (unpaired) electrons. The van der Waals surface area contributed by atoms with Crippen LogP contribution in [-0.2, 0) is 40.2 Å². The Labute approximate surface area is 275 Å². The van der Waals surface area contributed by atoms with Gasteiger partial charge in [0.05, 0.1) is 0 Å². The first kappa shape index (κ1) is 32.6. The lowest BCUT2D eigenvalue weighted by Gasteiger charge is -2.37. The van der Waals surface area contributed by atoms with Crippen LogP contribution >= 0.6 is 0 Å². The normalized spacial score (nSPS) is 18.6. The molecule has 3 aliphatic rings. The number of ketones is 1. The molecule has 3 aromatic carbocycles. The number of benzene rings is 3. The zero-order valence-electron chi connectivity index (χ0n) is 26.8. The van der Waals surface area contributed by atoms with Crippen LogP contribution in [0.5, 0.6) is 0 Å². The molecule has 9 heteroatoms. The maximum Gasteiger partial charge on any atom is 0.246 e. The third kappa shape index (κ3) is 8.14. The van der Waals surface area contributed by atoms with E-state index in [0.29, 0.717) is 56.6 Å². The average molecular weight is 639 g/mol. The molecule has 0 saturated carbocycles. The lowest BCUT2D eigenvalue weighted by molar-refractivity contribution is -0.142. The summed E-state index contributed by atoms with van der Waals surface area (Å²) >= 11 is 0. The largest absolute Gasteiger partial charge is 0.342 e. The number of nitrogens with one attached hydrogen (secondary N) is 2. The van der Waals surface area contributed by atoms with Crippen LogP contribution in [0.3, 0.4) is 0 Å². The van der Waals surface area contributed by atoms with Gasteiger partial charge in [0.15, 0.2) is 5.78 Å². The van der Waals surface area contributed by atoms with E-state index in [1.54, 1.807) is 29.2 Å². The number of carbonyl (C=O) groups excluding carboxylic acids is 4. The van der Waals surface area contributed by atoms with Crippen molar-refractivity contribution >= 4 is 29.2 Å². The lowest BCUT2D eigenvalue weighted by Crippen LogP contribution is -2.56. The first-order valence-corrected chi connectivity index (χ1v) is 16.9. The Morgan fingerprint density at radius 3 is 2.34 bits per heavy atom. The van der Waals surface area contributed by atoms with Crippen LogP contribution in [-0.4, -0.2) is 71.2 Å². The van der Waals surface area contributed by atoms with Gasteiger partial charge in [0.25, 0.3) is 0 Å². The second kappa shape index (κ2) is 15.0. The molecule has 6 rings (SSSR count). The van der Waals surface area contributed by atoms with Crippen LogP contribution in [0, 0.1) is 0 Å². The highest BCUT2D eigenvalue weighted by molar-refractivity contribution is 6.00. The SMILES string of the molecule is O=C(CCC(=O)N1Cc2ccccc2C[C@H]1C(=O)N[C@@H](CCN1CCC(F)CC1)C(=O)Nc1ccc2c(c1)CCC2)c1ccccc1. The van der Waals surface area contributed by atoms with Gasteiger partial charge in [0.2, 0.25) is 17.7 Å². The fourth-order valence-electron chi connectivity index (χ4n) is 7.00. The molecule has 246 valence electrons. The number of rotatable bonds is 11. The van der Waals surface area contributed by atoms with Gasteiger partial charge >= 0.3 is 0 Å². The maximum absolute atomic E-state index is 14.1. The second-order valence-electron chi connectivity index (χ2n) is 13.0. The standard InChI is InChI=1S/C38H43FN4O4/c39-31-17-20-42(21-18-31)22-19-33(37(46)40-32-14-13-26-11-6-12-28(26)23-32)41-38(47)34-24-29-9-4-5-10-30(29)25-43(34)36(45)16-15-35(44)27-7-2-1-3-8-27/h1-5,7-10,13-14,23,31,33-34H,6,11-12,15-22,24-25H2,(H,40,46)(H,41,47)/t33-,34-/m0/s1. The summed E-state index contributed by atoms with van der Waals surface area (Å²) in [5.41, 5.74) is 5.72. The number of amides is 3. The molecule has 47 heavy (non-hydrogen) atoms. The Bertz CT molecular complexity index is 1600. The fraction of sp³-hybridized carbons (Fsp3) is 0.421. The van der Waals surface area contributed by atoms with Gasteiger partial charge in [-0.15, -0.1) is 0 Å². The number of piperidine rings is 1. The molecule has 3 amide bonds. The quantitative estimate of drug-likeness (QED) is 0.287. The van der Waals surface area contributed by atoms with Gasteiger partial charge in [-0.2, -0.15) is 0 Å². The number of anilines is 1. The Kier molecular flexibility index (Phi) is 10.4. The third-order valence-corrected chi connectivity index (χ3v) is 9.78. The minimum atomic E-state index is -0.854. The molecule has 0 aromatic heterocycles. The van der Waals surface area contributed by atoms with E-state index in [1.807, 2.05) is 42.5 Å². The van der Waals surface area contributed by atoms with Crippen molar-refractivity contribution in [3.05, 3.63) is 101 Å². The minimum Gasteiger partial charge on any atom is -0.342 e. The van der Waals surface area contributed by atoms with Gasteiger partial charge in [-0.1, -0.05) is 60.7 Å². The van der Waals surface area contributed by atoms with Crippen LogP contribution in [0.4, 0.5) is 10.1 Å². The van der Waals surface area contributed by atoms with E-state index in [1.165, 1.54) is 11.1 Å². The average Bonchev–Trinajstić information content (AvgIpc) is 3.57. The molecule has 3 aromatic rings. The molecule has 2 aliphatic heterocycles. The molecule has 0 bridgehead atoms. The highest BCUT2D eigenvalue weighted by Crippen LogP contribution is 2.27. The number of hydrogen-bond acceptors (Lipinski definition) is 5.